The minimum absolute atomic E-state index is 0.0732. The minimum atomic E-state index is -4.56. The van der Waals surface area contributed by atoms with Crippen molar-refractivity contribution in [1.82, 2.24) is 13.9 Å². The molecule has 34 heavy (non-hydrogen) atoms. The van der Waals surface area contributed by atoms with Crippen LogP contribution in [0.4, 0.5) is 23.2 Å². The van der Waals surface area contributed by atoms with Crippen LogP contribution in [0.2, 0.25) is 5.02 Å². The van der Waals surface area contributed by atoms with Crippen molar-refractivity contribution in [2.24, 2.45) is 13.0 Å². The molecule has 0 bridgehead atoms. The molecule has 1 N–H and O–H groups in total. The van der Waals surface area contributed by atoms with Gasteiger partial charge in [-0.15, -0.1) is 0 Å². The van der Waals surface area contributed by atoms with Gasteiger partial charge in [-0.3, -0.25) is 0 Å². The number of aromatic nitrogens is 2. The number of hydrogen-bond acceptors (Lipinski definition) is 4. The van der Waals surface area contributed by atoms with E-state index in [0.29, 0.717) is 5.69 Å². The number of nitrogens with one attached hydrogen (secondary N) is 1. The van der Waals surface area contributed by atoms with E-state index in [1.165, 1.54) is 45.7 Å². The Morgan fingerprint density at radius 3 is 2.44 bits per heavy atom. The van der Waals surface area contributed by atoms with Crippen molar-refractivity contribution in [3.63, 3.8) is 0 Å². The normalized spacial score (nSPS) is 19.5. The molecule has 1 aromatic heterocycles. The lowest BCUT2D eigenvalue weighted by molar-refractivity contribution is -0.137. The molecule has 0 spiro atoms. The molecule has 2 atom stereocenters. The summed E-state index contributed by atoms with van der Waals surface area (Å²) in [6.45, 7) is 0.574. The van der Waals surface area contributed by atoms with E-state index >= 15 is 0 Å². The van der Waals surface area contributed by atoms with Gasteiger partial charge in [-0.1, -0.05) is 23.7 Å². The third-order valence-electron chi connectivity index (χ3n) is 5.83. The fourth-order valence-corrected chi connectivity index (χ4v) is 5.86. The number of aryl methyl sites for hydroxylation is 1. The lowest BCUT2D eigenvalue weighted by Gasteiger charge is -2.20. The van der Waals surface area contributed by atoms with E-state index in [1.807, 2.05) is 0 Å². The van der Waals surface area contributed by atoms with Gasteiger partial charge >= 0.3 is 6.18 Å². The monoisotopic (exact) mass is 516 g/mol. The lowest BCUT2D eigenvalue weighted by atomic mass is 9.89. The van der Waals surface area contributed by atoms with Crippen molar-refractivity contribution in [2.75, 3.05) is 25.0 Å². The number of rotatable bonds is 6. The highest BCUT2D eigenvalue weighted by atomic mass is 35.5. The molecule has 1 aliphatic heterocycles. The topological polar surface area (TPSA) is 67.2 Å². The summed E-state index contributed by atoms with van der Waals surface area (Å²) in [5, 5.41) is 2.56. The van der Waals surface area contributed by atoms with E-state index in [0.717, 1.165) is 11.6 Å². The Kier molecular flexibility index (Phi) is 6.63. The molecular weight excluding hydrogens is 496 g/mol. The van der Waals surface area contributed by atoms with Crippen LogP contribution in [-0.4, -0.2) is 41.9 Å². The van der Waals surface area contributed by atoms with Gasteiger partial charge in [0.25, 0.3) is 10.0 Å². The summed E-state index contributed by atoms with van der Waals surface area (Å²) in [6.07, 6.45) is -1.75. The fourth-order valence-electron chi connectivity index (χ4n) is 4.08. The summed E-state index contributed by atoms with van der Waals surface area (Å²) in [7, 11) is -2.19. The maximum atomic E-state index is 13.5. The Balaban J connectivity index is 1.57. The van der Waals surface area contributed by atoms with Crippen molar-refractivity contribution < 1.29 is 26.0 Å². The average molecular weight is 517 g/mol. The second-order valence-corrected chi connectivity index (χ2v) is 10.5. The quantitative estimate of drug-likeness (QED) is 0.480. The fraction of sp³-hybridized carbons (Fsp3) is 0.318. The van der Waals surface area contributed by atoms with Gasteiger partial charge in [0.2, 0.25) is 0 Å². The van der Waals surface area contributed by atoms with Crippen molar-refractivity contribution in [2.45, 2.75) is 17.1 Å². The van der Waals surface area contributed by atoms with E-state index in [1.54, 1.807) is 19.2 Å². The summed E-state index contributed by atoms with van der Waals surface area (Å²) in [6, 6.07) is 9.21. The Hall–Kier alpha value is -2.63. The van der Waals surface area contributed by atoms with Crippen LogP contribution in [0.1, 0.15) is 17.0 Å². The number of sulfonamides is 1. The largest absolute Gasteiger partial charge is 0.417 e. The van der Waals surface area contributed by atoms with E-state index < -0.39 is 32.6 Å². The van der Waals surface area contributed by atoms with Gasteiger partial charge in [0.15, 0.2) is 5.03 Å². The third-order valence-corrected chi connectivity index (χ3v) is 7.86. The van der Waals surface area contributed by atoms with Crippen LogP contribution < -0.4 is 5.32 Å². The van der Waals surface area contributed by atoms with Crippen LogP contribution in [-0.2, 0) is 23.2 Å². The molecule has 12 heteroatoms. The molecule has 0 saturated carbocycles. The molecule has 0 amide bonds. The maximum absolute atomic E-state index is 13.5. The zero-order chi connectivity index (χ0) is 24.7. The number of imidazole rings is 1. The van der Waals surface area contributed by atoms with Gasteiger partial charge in [-0.05, 0) is 41.8 Å². The van der Waals surface area contributed by atoms with Gasteiger partial charge in [0, 0.05) is 44.5 Å². The van der Waals surface area contributed by atoms with Crippen molar-refractivity contribution in [3.05, 3.63) is 77.0 Å². The maximum Gasteiger partial charge on any atom is 0.417 e. The van der Waals surface area contributed by atoms with Gasteiger partial charge in [0.05, 0.1) is 16.9 Å². The first-order valence-corrected chi connectivity index (χ1v) is 12.1. The van der Waals surface area contributed by atoms with Crippen molar-refractivity contribution >= 4 is 27.3 Å². The van der Waals surface area contributed by atoms with Crippen LogP contribution in [0.25, 0.3) is 0 Å². The zero-order valence-electron chi connectivity index (χ0n) is 17.9. The van der Waals surface area contributed by atoms with Gasteiger partial charge in [0.1, 0.15) is 5.82 Å². The van der Waals surface area contributed by atoms with Crippen LogP contribution in [0.15, 0.2) is 60.0 Å². The van der Waals surface area contributed by atoms with Gasteiger partial charge < -0.3 is 9.88 Å². The molecule has 2 unspecified atom stereocenters. The summed E-state index contributed by atoms with van der Waals surface area (Å²) in [5.41, 5.74) is 0.205. The second kappa shape index (κ2) is 9.20. The molecule has 4 rings (SSSR count). The molecule has 6 nitrogen and oxygen atoms in total. The van der Waals surface area contributed by atoms with Crippen molar-refractivity contribution in [3.8, 4) is 0 Å². The first-order valence-electron chi connectivity index (χ1n) is 10.3. The molecule has 0 aliphatic carbocycles. The highest BCUT2D eigenvalue weighted by molar-refractivity contribution is 7.89. The minimum Gasteiger partial charge on any atom is -0.385 e. The van der Waals surface area contributed by atoms with Gasteiger partial charge in [-0.25, -0.2) is 17.8 Å². The predicted molar refractivity (Wildman–Crippen MR) is 120 cm³/mol. The second-order valence-electron chi connectivity index (χ2n) is 8.19. The number of anilines is 1. The number of benzene rings is 2. The summed E-state index contributed by atoms with van der Waals surface area (Å²) < 4.78 is 81.5. The highest BCUT2D eigenvalue weighted by Gasteiger charge is 2.41. The van der Waals surface area contributed by atoms with Crippen LogP contribution in [0, 0.1) is 11.7 Å². The smallest absolute Gasteiger partial charge is 0.385 e. The van der Waals surface area contributed by atoms with Crippen LogP contribution in [0.3, 0.4) is 0 Å². The van der Waals surface area contributed by atoms with E-state index in [9.17, 15) is 26.0 Å². The van der Waals surface area contributed by atoms with Crippen LogP contribution >= 0.6 is 11.6 Å². The summed E-state index contributed by atoms with van der Waals surface area (Å²) in [5.74, 6) is -0.921. The first kappa shape index (κ1) is 24.5. The molecule has 0 radical (unpaired) electrons. The molecule has 182 valence electrons. The lowest BCUT2D eigenvalue weighted by Crippen LogP contribution is -2.30. The van der Waals surface area contributed by atoms with Gasteiger partial charge in [-0.2, -0.15) is 17.5 Å². The summed E-state index contributed by atoms with van der Waals surface area (Å²) in [4.78, 5) is 3.96. The molecule has 1 fully saturated rings. The Labute approximate surface area is 199 Å². The van der Waals surface area contributed by atoms with E-state index in [2.05, 4.69) is 10.3 Å². The molecule has 1 aliphatic rings. The Morgan fingerprint density at radius 2 is 1.85 bits per heavy atom. The van der Waals surface area contributed by atoms with Crippen LogP contribution in [0.5, 0.6) is 0 Å². The number of hydrogen-bond donors (Lipinski definition) is 1. The van der Waals surface area contributed by atoms with E-state index in [4.69, 9.17) is 11.6 Å². The predicted octanol–water partition coefficient (Wildman–Crippen LogP) is 4.75. The first-order chi connectivity index (χ1) is 15.9. The Morgan fingerprint density at radius 1 is 1.15 bits per heavy atom. The SMILES string of the molecule is Cn1cnc(S(=O)(=O)N2CC(CNc3ccc(C(F)(F)F)c(Cl)c3)C(c3ccc(F)cc3)C2)c1. The molecule has 3 aromatic rings. The van der Waals surface area contributed by atoms with Crippen molar-refractivity contribution in [1.29, 1.82) is 0 Å². The standard InChI is InChI=1S/C22H21ClF4N4O2S/c1-30-12-21(29-13-30)34(32,33)31-10-15(18(11-31)14-2-4-16(24)5-3-14)9-28-17-6-7-19(20(23)8-17)22(25,26)27/h2-8,12-13,15,18,28H,9-11H2,1H3. The number of alkyl halides is 3. The van der Waals surface area contributed by atoms with E-state index in [-0.39, 0.29) is 36.5 Å². The highest BCUT2D eigenvalue weighted by Crippen LogP contribution is 2.38. The summed E-state index contributed by atoms with van der Waals surface area (Å²) >= 11 is 5.81. The average Bonchev–Trinajstić information content (AvgIpc) is 3.39. The Bertz CT molecular complexity index is 1280. The number of nitrogens with zero attached hydrogens (tertiary/aromatic N) is 3. The molecular formula is C22H21ClF4N4O2S. The molecule has 2 aromatic carbocycles. The number of halogens is 5. The molecule has 1 saturated heterocycles. The molecule has 2 heterocycles. The third kappa shape index (κ3) is 5.06. The zero-order valence-corrected chi connectivity index (χ0v) is 19.5.